The Kier molecular flexibility index (Phi) is 10.6. The number of allylic oxidation sites excluding steroid dienone is 1. The molecule has 0 radical (unpaired) electrons. The number of aryl methyl sites for hydroxylation is 2. The third-order valence-corrected chi connectivity index (χ3v) is 15.2. The summed E-state index contributed by atoms with van der Waals surface area (Å²) in [4.78, 5) is 62.8. The summed E-state index contributed by atoms with van der Waals surface area (Å²) in [5.41, 5.74) is -0.830. The zero-order valence-electron chi connectivity index (χ0n) is 32.8. The Morgan fingerprint density at radius 1 is 1.05 bits per heavy atom. The lowest BCUT2D eigenvalue weighted by Crippen LogP contribution is -2.58. The summed E-state index contributed by atoms with van der Waals surface area (Å²) in [5, 5.41) is 6.30. The SMILES string of the molecule is Cc1nc2ccc(OC(F)F)cc2c2c1O[C@]1(CC2)C[C@H]2C(=O)N[C@]3(C(=O)NS(=O)(=O)C4(C)CC4)C[C@H]3/C=C\CCCCC[C@H](NC(=O)OC3CCCC3)C(=O)N2C1. The molecular formula is C41H51F2N5O9S. The number of carbonyl (C=O) groups is 4. The summed E-state index contributed by atoms with van der Waals surface area (Å²) >= 11 is 0. The molecule has 1 aromatic carbocycles. The number of alkyl halides is 2. The van der Waals surface area contributed by atoms with Gasteiger partial charge in [-0.05, 0) is 109 Å². The van der Waals surface area contributed by atoms with Crippen LogP contribution in [-0.4, -0.2) is 89.3 Å². The van der Waals surface area contributed by atoms with Crippen LogP contribution in [0.5, 0.6) is 11.5 Å². The van der Waals surface area contributed by atoms with Crippen molar-refractivity contribution in [2.45, 2.75) is 151 Å². The second-order valence-electron chi connectivity index (χ2n) is 17.3. The van der Waals surface area contributed by atoms with Crippen LogP contribution in [0, 0.1) is 12.8 Å². The van der Waals surface area contributed by atoms with E-state index in [1.807, 2.05) is 12.2 Å². The second-order valence-corrected chi connectivity index (χ2v) is 19.5. The first-order chi connectivity index (χ1) is 27.6. The topological polar surface area (TPSA) is 182 Å². The first-order valence-electron chi connectivity index (χ1n) is 20.5. The summed E-state index contributed by atoms with van der Waals surface area (Å²) in [5.74, 6) is -2.05. The van der Waals surface area contributed by atoms with Crippen LogP contribution in [0.25, 0.3) is 10.9 Å². The van der Waals surface area contributed by atoms with Crippen LogP contribution in [0.3, 0.4) is 0 Å². The highest BCUT2D eigenvalue weighted by Crippen LogP contribution is 2.49. The van der Waals surface area contributed by atoms with E-state index in [-0.39, 0.29) is 31.2 Å². The maximum absolute atomic E-state index is 14.8. The predicted octanol–water partition coefficient (Wildman–Crippen LogP) is 5.24. The minimum atomic E-state index is -4.03. The van der Waals surface area contributed by atoms with Crippen molar-refractivity contribution >= 4 is 44.7 Å². The van der Waals surface area contributed by atoms with E-state index >= 15 is 0 Å². The number of benzene rings is 1. The average molecular weight is 828 g/mol. The lowest BCUT2D eigenvalue weighted by molar-refractivity contribution is -0.141. The fourth-order valence-electron chi connectivity index (χ4n) is 9.18. The van der Waals surface area contributed by atoms with Crippen LogP contribution in [0.4, 0.5) is 13.6 Å². The molecule has 58 heavy (non-hydrogen) atoms. The smallest absolute Gasteiger partial charge is 0.408 e. The lowest BCUT2D eigenvalue weighted by Gasteiger charge is -2.36. The van der Waals surface area contributed by atoms with E-state index in [0.717, 1.165) is 44.1 Å². The van der Waals surface area contributed by atoms with Crippen molar-refractivity contribution in [3.05, 3.63) is 41.6 Å². The first-order valence-corrected chi connectivity index (χ1v) is 22.0. The second kappa shape index (κ2) is 15.2. The van der Waals surface area contributed by atoms with Gasteiger partial charge in [0.05, 0.1) is 22.5 Å². The third kappa shape index (κ3) is 7.82. The standard InChI is InChI=1S/C41H51F2N5O9S/c1-24-33-28(29-20-27(55-37(42)43)14-15-30(29)44-24)16-17-40(57-33)22-32-34(49)46-41(36(51)47-58(53,54)39(2)18-19-39)21-25(41)10-6-4-3-5-7-13-31(35(50)48(32)23-40)45-38(52)56-26-11-8-9-12-26/h6,10,14-15,20,25-26,31-32,37H,3-5,7-9,11-13,16-19,21-23H2,1-2H3,(H,45,52)(H,46,49)(H,47,51)/b10-6-/t25-,31+,32+,40-,41-/m1/s1. The average Bonchev–Trinajstić information content (AvgIpc) is 3.97. The number of halogens is 2. The van der Waals surface area contributed by atoms with Crippen molar-refractivity contribution in [1.29, 1.82) is 0 Å². The molecule has 17 heteroatoms. The van der Waals surface area contributed by atoms with Crippen molar-refractivity contribution in [1.82, 2.24) is 25.2 Å². The molecule has 0 bridgehead atoms. The normalized spacial score (nSPS) is 30.2. The van der Waals surface area contributed by atoms with Gasteiger partial charge in [-0.2, -0.15) is 8.78 Å². The van der Waals surface area contributed by atoms with Gasteiger partial charge in [-0.1, -0.05) is 25.0 Å². The number of hydrogen-bond acceptors (Lipinski definition) is 10. The molecule has 2 aromatic rings. The van der Waals surface area contributed by atoms with Gasteiger partial charge in [0.25, 0.3) is 5.91 Å². The fourth-order valence-corrected chi connectivity index (χ4v) is 10.5. The Balaban J connectivity index is 1.12. The molecule has 314 valence electrons. The number of alkyl carbamates (subject to hydrolysis) is 1. The molecule has 14 nitrogen and oxygen atoms in total. The maximum Gasteiger partial charge on any atom is 0.408 e. The molecule has 8 rings (SSSR count). The van der Waals surface area contributed by atoms with Crippen LogP contribution in [0.15, 0.2) is 30.4 Å². The van der Waals surface area contributed by atoms with Gasteiger partial charge in [0, 0.05) is 23.3 Å². The third-order valence-electron chi connectivity index (χ3n) is 13.0. The minimum absolute atomic E-state index is 0.0177. The zero-order valence-corrected chi connectivity index (χ0v) is 33.6. The van der Waals surface area contributed by atoms with Gasteiger partial charge in [0.2, 0.25) is 21.8 Å². The van der Waals surface area contributed by atoms with Crippen LogP contribution in [0.1, 0.15) is 108 Å². The number of sulfonamides is 1. The Morgan fingerprint density at radius 3 is 2.55 bits per heavy atom. The highest BCUT2D eigenvalue weighted by Gasteiger charge is 2.64. The molecule has 5 atom stereocenters. The molecular weight excluding hydrogens is 777 g/mol. The van der Waals surface area contributed by atoms with Crippen LogP contribution in [0.2, 0.25) is 0 Å². The van der Waals surface area contributed by atoms with E-state index in [1.54, 1.807) is 19.9 Å². The monoisotopic (exact) mass is 827 g/mol. The van der Waals surface area contributed by atoms with E-state index in [9.17, 15) is 36.4 Å². The Labute approximate surface area is 336 Å². The molecule has 6 aliphatic rings. The number of aromatic nitrogens is 1. The van der Waals surface area contributed by atoms with Gasteiger partial charge < -0.3 is 29.7 Å². The summed E-state index contributed by atoms with van der Waals surface area (Å²) in [7, 11) is -4.03. The lowest BCUT2D eigenvalue weighted by atomic mass is 9.87. The van der Waals surface area contributed by atoms with Gasteiger partial charge >= 0.3 is 12.7 Å². The van der Waals surface area contributed by atoms with Crippen molar-refractivity contribution in [2.24, 2.45) is 5.92 Å². The van der Waals surface area contributed by atoms with E-state index < -0.39 is 74.3 Å². The molecule has 1 saturated heterocycles. The number of hydrogen-bond donors (Lipinski definition) is 3. The molecule has 4 fully saturated rings. The Bertz CT molecular complexity index is 2140. The number of amides is 4. The summed E-state index contributed by atoms with van der Waals surface area (Å²) < 4.78 is 71.1. The molecule has 4 heterocycles. The van der Waals surface area contributed by atoms with E-state index in [2.05, 4.69) is 25.1 Å². The molecule has 1 spiro atoms. The van der Waals surface area contributed by atoms with Crippen LogP contribution >= 0.6 is 0 Å². The Hall–Kier alpha value is -4.54. The number of carbonyl (C=O) groups excluding carboxylic acids is 4. The number of fused-ring (bicyclic) bond motifs is 5. The van der Waals surface area contributed by atoms with Crippen molar-refractivity contribution in [3.8, 4) is 11.5 Å². The van der Waals surface area contributed by atoms with E-state index in [1.165, 1.54) is 17.0 Å². The summed E-state index contributed by atoms with van der Waals surface area (Å²) in [6.07, 6.45) is 11.1. The number of nitrogens with zero attached hydrogens (tertiary/aromatic N) is 2. The van der Waals surface area contributed by atoms with Gasteiger partial charge in [-0.25, -0.2) is 18.2 Å². The molecule has 4 amide bonds. The van der Waals surface area contributed by atoms with Crippen molar-refractivity contribution in [2.75, 3.05) is 6.54 Å². The minimum Gasteiger partial charge on any atom is -0.483 e. The largest absolute Gasteiger partial charge is 0.483 e. The van der Waals surface area contributed by atoms with Gasteiger partial charge in [0.15, 0.2) is 0 Å². The number of pyridine rings is 1. The maximum atomic E-state index is 14.8. The highest BCUT2D eigenvalue weighted by atomic mass is 32.2. The van der Waals surface area contributed by atoms with Crippen molar-refractivity contribution in [3.63, 3.8) is 0 Å². The molecule has 0 unspecified atom stereocenters. The van der Waals surface area contributed by atoms with E-state index in [0.29, 0.717) is 67.3 Å². The number of rotatable bonds is 7. The van der Waals surface area contributed by atoms with E-state index in [4.69, 9.17) is 9.47 Å². The van der Waals surface area contributed by atoms with Crippen molar-refractivity contribution < 1.29 is 50.6 Å². The summed E-state index contributed by atoms with van der Waals surface area (Å²) in [6.45, 7) is 0.288. The molecule has 3 saturated carbocycles. The fraction of sp³-hybridized carbons (Fsp3) is 0.634. The predicted molar refractivity (Wildman–Crippen MR) is 206 cm³/mol. The summed E-state index contributed by atoms with van der Waals surface area (Å²) in [6, 6.07) is 2.34. The van der Waals surface area contributed by atoms with Gasteiger partial charge in [-0.3, -0.25) is 19.1 Å². The number of nitrogens with one attached hydrogen (secondary N) is 3. The van der Waals surface area contributed by atoms with Gasteiger partial charge in [0.1, 0.15) is 40.8 Å². The first kappa shape index (κ1) is 40.2. The zero-order chi connectivity index (χ0) is 41.0. The molecule has 3 aliphatic carbocycles. The molecule has 3 N–H and O–H groups in total. The molecule has 3 aliphatic heterocycles. The number of ether oxygens (including phenoxy) is 3. The van der Waals surface area contributed by atoms with Gasteiger partial charge in [-0.15, -0.1) is 0 Å². The molecule has 1 aromatic heterocycles. The highest BCUT2D eigenvalue weighted by molar-refractivity contribution is 7.91. The van der Waals surface area contributed by atoms with Crippen LogP contribution < -0.4 is 24.8 Å². The van der Waals surface area contributed by atoms with Crippen LogP contribution in [-0.2, 0) is 35.6 Å². The Morgan fingerprint density at radius 2 is 1.81 bits per heavy atom. The quantitative estimate of drug-likeness (QED) is 0.313.